The van der Waals surface area contributed by atoms with Gasteiger partial charge in [-0.15, -0.1) is 11.3 Å². The fraction of sp³-hybridized carbons (Fsp3) is 0.600. The fourth-order valence-electron chi connectivity index (χ4n) is 3.00. The van der Waals surface area contributed by atoms with Gasteiger partial charge < -0.3 is 5.32 Å². The molecule has 1 saturated heterocycles. The van der Waals surface area contributed by atoms with E-state index in [9.17, 15) is 4.79 Å². The first kappa shape index (κ1) is 16.1. The number of carbonyl (C=O) groups excluding carboxylic acids is 1. The summed E-state index contributed by atoms with van der Waals surface area (Å²) in [5, 5.41) is 9.92. The number of aromatic nitrogens is 4. The van der Waals surface area contributed by atoms with Crippen molar-refractivity contribution in [2.75, 3.05) is 18.4 Å². The van der Waals surface area contributed by atoms with Crippen molar-refractivity contribution in [3.05, 3.63) is 22.7 Å². The Hall–Kier alpha value is -1.80. The minimum atomic E-state index is -0.00209. The molecule has 23 heavy (non-hydrogen) atoms. The average Bonchev–Trinajstić information content (AvgIpc) is 3.15. The predicted octanol–water partition coefficient (Wildman–Crippen LogP) is 1.76. The molecule has 1 aliphatic heterocycles. The van der Waals surface area contributed by atoms with E-state index in [-0.39, 0.29) is 5.91 Å². The zero-order valence-electron chi connectivity index (χ0n) is 13.7. The van der Waals surface area contributed by atoms with Gasteiger partial charge >= 0.3 is 0 Å². The lowest BCUT2D eigenvalue weighted by Gasteiger charge is -2.23. The molecule has 0 unspecified atom stereocenters. The molecule has 2 aromatic rings. The number of nitrogens with zero attached hydrogens (tertiary/aromatic N) is 5. The molecule has 124 valence electrons. The maximum absolute atomic E-state index is 12.2. The maximum atomic E-state index is 12.2. The number of thiazole rings is 1. The Morgan fingerprint density at radius 3 is 2.87 bits per heavy atom. The van der Waals surface area contributed by atoms with Crippen molar-refractivity contribution in [2.45, 2.75) is 46.2 Å². The van der Waals surface area contributed by atoms with Crippen LogP contribution in [0, 0.1) is 20.8 Å². The summed E-state index contributed by atoms with van der Waals surface area (Å²) in [4.78, 5) is 23.1. The number of likely N-dealkylation sites (tertiary alicyclic amines) is 1. The van der Waals surface area contributed by atoms with Crippen molar-refractivity contribution in [3.8, 4) is 0 Å². The number of nitrogens with one attached hydrogen (secondary N) is 1. The molecular weight excluding hydrogens is 312 g/mol. The Balaban J connectivity index is 1.58. The quantitative estimate of drug-likeness (QED) is 0.902. The summed E-state index contributed by atoms with van der Waals surface area (Å²) in [6, 6.07) is 0.332. The SMILES string of the molecule is Cc1csc(NC(=O)CN2CCC[C@H]2Cn2nc(C)nc2C)n1. The molecule has 0 aliphatic carbocycles. The Kier molecular flexibility index (Phi) is 4.72. The van der Waals surface area contributed by atoms with Crippen LogP contribution in [0.5, 0.6) is 0 Å². The van der Waals surface area contributed by atoms with Crippen molar-refractivity contribution < 1.29 is 4.79 Å². The fourth-order valence-corrected chi connectivity index (χ4v) is 3.70. The molecule has 7 nitrogen and oxygen atoms in total. The van der Waals surface area contributed by atoms with Gasteiger partial charge in [-0.25, -0.2) is 14.6 Å². The second-order valence-electron chi connectivity index (χ2n) is 6.00. The summed E-state index contributed by atoms with van der Waals surface area (Å²) in [6.07, 6.45) is 2.20. The maximum Gasteiger partial charge on any atom is 0.240 e. The Labute approximate surface area is 139 Å². The van der Waals surface area contributed by atoms with Crippen molar-refractivity contribution in [1.29, 1.82) is 0 Å². The summed E-state index contributed by atoms with van der Waals surface area (Å²) in [7, 11) is 0. The van der Waals surface area contributed by atoms with Crippen molar-refractivity contribution in [2.24, 2.45) is 0 Å². The van der Waals surface area contributed by atoms with Crippen LogP contribution in [0.4, 0.5) is 5.13 Å². The smallest absolute Gasteiger partial charge is 0.240 e. The second-order valence-corrected chi connectivity index (χ2v) is 6.86. The Bertz CT molecular complexity index is 694. The molecule has 0 spiro atoms. The van der Waals surface area contributed by atoms with Crippen LogP contribution in [0.3, 0.4) is 0 Å². The summed E-state index contributed by atoms with van der Waals surface area (Å²) in [5.41, 5.74) is 0.932. The van der Waals surface area contributed by atoms with Gasteiger partial charge in [0.05, 0.1) is 18.8 Å². The van der Waals surface area contributed by atoms with Crippen molar-refractivity contribution >= 4 is 22.4 Å². The zero-order valence-corrected chi connectivity index (χ0v) is 14.6. The molecule has 3 heterocycles. The molecule has 3 rings (SSSR count). The molecule has 0 radical (unpaired) electrons. The van der Waals surface area contributed by atoms with Gasteiger partial charge in [0.25, 0.3) is 0 Å². The topological polar surface area (TPSA) is 75.9 Å². The van der Waals surface area contributed by atoms with E-state index < -0.39 is 0 Å². The largest absolute Gasteiger partial charge is 0.301 e. The number of rotatable bonds is 5. The normalized spacial score (nSPS) is 18.5. The Morgan fingerprint density at radius 2 is 2.22 bits per heavy atom. The summed E-state index contributed by atoms with van der Waals surface area (Å²) < 4.78 is 1.94. The number of hydrogen-bond acceptors (Lipinski definition) is 6. The zero-order chi connectivity index (χ0) is 16.4. The molecule has 8 heteroatoms. The molecule has 0 bridgehead atoms. The number of amides is 1. The minimum Gasteiger partial charge on any atom is -0.301 e. The number of hydrogen-bond donors (Lipinski definition) is 1. The molecular formula is C15H22N6OS. The second kappa shape index (κ2) is 6.76. The standard InChI is InChI=1S/C15H22N6OS/c1-10-9-23-15(16-10)18-14(22)8-20-6-4-5-13(20)7-21-12(3)17-11(2)19-21/h9,13H,4-8H2,1-3H3,(H,16,18,22)/t13-/m0/s1. The lowest BCUT2D eigenvalue weighted by atomic mass is 10.2. The van der Waals surface area contributed by atoms with E-state index in [2.05, 4.69) is 25.3 Å². The van der Waals surface area contributed by atoms with Gasteiger partial charge in [-0.05, 0) is 40.2 Å². The van der Waals surface area contributed by atoms with Crippen LogP contribution >= 0.6 is 11.3 Å². The highest BCUT2D eigenvalue weighted by Crippen LogP contribution is 2.20. The third kappa shape index (κ3) is 3.94. The van der Waals surface area contributed by atoms with Crippen LogP contribution in [0.25, 0.3) is 0 Å². The van der Waals surface area contributed by atoms with Crippen LogP contribution in [0.1, 0.15) is 30.2 Å². The van der Waals surface area contributed by atoms with Gasteiger partial charge in [0, 0.05) is 11.4 Å². The first-order valence-corrected chi connectivity index (χ1v) is 8.73. The molecule has 2 aromatic heterocycles. The van der Waals surface area contributed by atoms with E-state index in [0.717, 1.165) is 43.3 Å². The average molecular weight is 334 g/mol. The summed E-state index contributed by atoms with van der Waals surface area (Å²) in [6.45, 7) is 7.93. The molecule has 0 saturated carbocycles. The molecule has 1 aliphatic rings. The minimum absolute atomic E-state index is 0.00209. The van der Waals surface area contributed by atoms with Crippen molar-refractivity contribution in [3.63, 3.8) is 0 Å². The van der Waals surface area contributed by atoms with Crippen LogP contribution < -0.4 is 5.32 Å². The Morgan fingerprint density at radius 1 is 1.39 bits per heavy atom. The number of carbonyl (C=O) groups is 1. The number of aryl methyl sites for hydroxylation is 3. The van der Waals surface area contributed by atoms with Crippen molar-refractivity contribution in [1.82, 2.24) is 24.6 Å². The van der Waals surface area contributed by atoms with E-state index >= 15 is 0 Å². The van der Waals surface area contributed by atoms with Crippen LogP contribution in [-0.4, -0.2) is 49.7 Å². The first-order valence-electron chi connectivity index (χ1n) is 7.85. The van der Waals surface area contributed by atoms with Crippen LogP contribution in [-0.2, 0) is 11.3 Å². The highest BCUT2D eigenvalue weighted by molar-refractivity contribution is 7.13. The van der Waals surface area contributed by atoms with Crippen LogP contribution in [0.15, 0.2) is 5.38 Å². The molecule has 0 aromatic carbocycles. The first-order chi connectivity index (χ1) is 11.0. The highest BCUT2D eigenvalue weighted by Gasteiger charge is 2.27. The van der Waals surface area contributed by atoms with Gasteiger partial charge in [-0.3, -0.25) is 9.69 Å². The molecule has 1 amide bonds. The molecule has 1 fully saturated rings. The van der Waals surface area contributed by atoms with Crippen LogP contribution in [0.2, 0.25) is 0 Å². The van der Waals surface area contributed by atoms with E-state index in [1.807, 2.05) is 30.8 Å². The van der Waals surface area contributed by atoms with Gasteiger partial charge in [-0.2, -0.15) is 5.10 Å². The van der Waals surface area contributed by atoms with Gasteiger partial charge in [0.2, 0.25) is 5.91 Å². The number of anilines is 1. The van der Waals surface area contributed by atoms with E-state index in [1.165, 1.54) is 11.3 Å². The highest BCUT2D eigenvalue weighted by atomic mass is 32.1. The lowest BCUT2D eigenvalue weighted by Crippen LogP contribution is -2.39. The van der Waals surface area contributed by atoms with E-state index in [0.29, 0.717) is 17.7 Å². The monoisotopic (exact) mass is 334 g/mol. The van der Waals surface area contributed by atoms with E-state index in [1.54, 1.807) is 0 Å². The third-order valence-electron chi connectivity index (χ3n) is 4.06. The third-order valence-corrected chi connectivity index (χ3v) is 4.93. The lowest BCUT2D eigenvalue weighted by molar-refractivity contribution is -0.117. The molecule has 1 N–H and O–H groups in total. The molecule has 1 atom stereocenters. The van der Waals surface area contributed by atoms with Gasteiger partial charge in [-0.1, -0.05) is 0 Å². The van der Waals surface area contributed by atoms with Gasteiger partial charge in [0.1, 0.15) is 11.6 Å². The van der Waals surface area contributed by atoms with Gasteiger partial charge in [0.15, 0.2) is 5.13 Å². The summed E-state index contributed by atoms with van der Waals surface area (Å²) >= 11 is 1.46. The van der Waals surface area contributed by atoms with E-state index in [4.69, 9.17) is 0 Å². The summed E-state index contributed by atoms with van der Waals surface area (Å²) in [5.74, 6) is 1.72. The predicted molar refractivity (Wildman–Crippen MR) is 89.6 cm³/mol.